The van der Waals surface area contributed by atoms with Crippen LogP contribution in [-0.2, 0) is 15.1 Å². The van der Waals surface area contributed by atoms with E-state index < -0.39 is 11.9 Å². The van der Waals surface area contributed by atoms with Crippen LogP contribution >= 0.6 is 0 Å². The number of rotatable bonds is 0. The number of hydrogen-bond donors (Lipinski definition) is 2. The zero-order valence-electron chi connectivity index (χ0n) is 4.07. The summed E-state index contributed by atoms with van der Waals surface area (Å²) >= 11 is 0. The summed E-state index contributed by atoms with van der Waals surface area (Å²) in [5.41, 5.74) is 0. The van der Waals surface area contributed by atoms with Crippen LogP contribution in [0.4, 0.5) is 0 Å². The molecule has 0 aliphatic carbocycles. The third-order valence-electron chi connectivity index (χ3n) is 0.183. The smallest absolute Gasteiger partial charge is 2.00 e. The molecule has 0 bridgehead atoms. The van der Waals surface area contributed by atoms with Gasteiger partial charge in [-0.15, -0.1) is 0 Å². The van der Waals surface area contributed by atoms with E-state index >= 15 is 0 Å². The van der Waals surface area contributed by atoms with Crippen LogP contribution in [-0.4, -0.2) is 27.6 Å². The molecule has 0 saturated carbocycles. The van der Waals surface area contributed by atoms with Crippen molar-refractivity contribution in [2.75, 3.05) is 0 Å². The average Bonchev–Trinajstić information content (AvgIpc) is 1.36. The third-order valence-corrected chi connectivity index (χ3v) is 0.183. The normalized spacial score (nSPS) is 4.89. The Balaban J connectivity index is -0.0000000417. The van der Waals surface area contributed by atoms with Gasteiger partial charge in [0.15, 0.2) is 0 Å². The SMILES string of the molecule is O=C(O)C(=O)O.[Ce+3].[O-2].[OH-]. The van der Waals surface area contributed by atoms with Crippen LogP contribution in [0.1, 0.15) is 0 Å². The first-order valence-corrected chi connectivity index (χ1v) is 1.11. The van der Waals surface area contributed by atoms with Gasteiger partial charge in [0.25, 0.3) is 0 Å². The molecule has 6 nitrogen and oxygen atoms in total. The molecule has 0 atom stereocenters. The second kappa shape index (κ2) is 11.1. The van der Waals surface area contributed by atoms with Gasteiger partial charge in [0.1, 0.15) is 0 Å². The van der Waals surface area contributed by atoms with Crippen molar-refractivity contribution in [2.45, 2.75) is 0 Å². The van der Waals surface area contributed by atoms with E-state index in [1.54, 1.807) is 0 Å². The fourth-order valence-electron chi connectivity index (χ4n) is 0. The summed E-state index contributed by atoms with van der Waals surface area (Å²) in [6.07, 6.45) is 0. The Labute approximate surface area is 83.9 Å². The fourth-order valence-corrected chi connectivity index (χ4v) is 0. The molecule has 0 fully saturated rings. The summed E-state index contributed by atoms with van der Waals surface area (Å²) < 4.78 is 0. The Morgan fingerprint density at radius 3 is 1.11 bits per heavy atom. The van der Waals surface area contributed by atoms with E-state index in [2.05, 4.69) is 0 Å². The minimum atomic E-state index is -1.82. The van der Waals surface area contributed by atoms with Gasteiger partial charge in [0.2, 0.25) is 0 Å². The molecule has 0 spiro atoms. The minimum Gasteiger partial charge on any atom is -2.00 e. The first-order valence-electron chi connectivity index (χ1n) is 1.11. The summed E-state index contributed by atoms with van der Waals surface area (Å²) in [6, 6.07) is 0. The molecule has 0 aromatic carbocycles. The van der Waals surface area contributed by atoms with Crippen molar-refractivity contribution in [3.8, 4) is 0 Å². The van der Waals surface area contributed by atoms with Gasteiger partial charge < -0.3 is 21.2 Å². The quantitative estimate of drug-likeness (QED) is 0.533. The molecule has 1 radical (unpaired) electrons. The molecule has 0 aromatic heterocycles. The van der Waals surface area contributed by atoms with Crippen LogP contribution in [0.15, 0.2) is 0 Å². The molecule has 0 amide bonds. The molecule has 0 aliphatic heterocycles. The second-order valence-electron chi connectivity index (χ2n) is 0.610. The van der Waals surface area contributed by atoms with Crippen molar-refractivity contribution in [1.29, 1.82) is 0 Å². The Kier molecular flexibility index (Phi) is 28.2. The zero-order chi connectivity index (χ0) is 5.15. The van der Waals surface area contributed by atoms with Crippen molar-refractivity contribution in [1.82, 2.24) is 0 Å². The van der Waals surface area contributed by atoms with Crippen LogP contribution in [0.3, 0.4) is 0 Å². The van der Waals surface area contributed by atoms with Gasteiger partial charge in [-0.1, -0.05) is 0 Å². The van der Waals surface area contributed by atoms with Gasteiger partial charge in [-0.05, 0) is 0 Å². The summed E-state index contributed by atoms with van der Waals surface area (Å²) in [7, 11) is 0. The molecule has 3 N–H and O–H groups in total. The number of aliphatic carboxylic acids is 2. The maximum atomic E-state index is 9.10. The first-order chi connectivity index (χ1) is 2.64. The van der Waals surface area contributed by atoms with E-state index in [-0.39, 0.29) is 52.7 Å². The van der Waals surface area contributed by atoms with Gasteiger partial charge in [-0.25, -0.2) is 9.59 Å². The largest absolute Gasteiger partial charge is 3.00 e. The molecule has 7 heteroatoms. The Morgan fingerprint density at radius 1 is 1.00 bits per heavy atom. The minimum absolute atomic E-state index is 0. The topological polar surface area (TPSA) is 133 Å². The molecule has 0 unspecified atom stereocenters. The van der Waals surface area contributed by atoms with E-state index in [1.165, 1.54) is 0 Å². The standard InChI is InChI=1S/C2H2O4.Ce.H2O.O/c3-1(4)2(5)6;;;/h(H,3,4)(H,5,6);;1H2;/q;+3;;-2/p-1. The molecule has 0 saturated heterocycles. The van der Waals surface area contributed by atoms with E-state index in [4.69, 9.17) is 19.8 Å². The number of carboxylic acids is 2. The number of carboxylic acid groups (broad SMARTS) is 2. The number of hydrogen-bond acceptors (Lipinski definition) is 3. The van der Waals surface area contributed by atoms with Crippen LogP contribution in [0.2, 0.25) is 0 Å². The summed E-state index contributed by atoms with van der Waals surface area (Å²) in [4.78, 5) is 18.2. The van der Waals surface area contributed by atoms with Crippen molar-refractivity contribution in [3.05, 3.63) is 0 Å². The van der Waals surface area contributed by atoms with Gasteiger partial charge in [-0.2, -0.15) is 0 Å². The van der Waals surface area contributed by atoms with Gasteiger partial charge in [0, 0.05) is 0 Å². The molecule has 0 aliphatic rings. The summed E-state index contributed by atoms with van der Waals surface area (Å²) in [5, 5.41) is 14.8. The average molecular weight is 263 g/mol. The summed E-state index contributed by atoms with van der Waals surface area (Å²) in [5.74, 6) is -3.65. The Morgan fingerprint density at radius 2 is 1.11 bits per heavy atom. The van der Waals surface area contributed by atoms with Gasteiger partial charge >= 0.3 is 53.7 Å². The van der Waals surface area contributed by atoms with E-state index in [9.17, 15) is 0 Å². The second-order valence-corrected chi connectivity index (χ2v) is 0.610. The van der Waals surface area contributed by atoms with Crippen LogP contribution < -0.4 is 0 Å². The maximum Gasteiger partial charge on any atom is 3.00 e. The van der Waals surface area contributed by atoms with E-state index in [0.29, 0.717) is 0 Å². The monoisotopic (exact) mass is 263 g/mol. The number of carbonyl (C=O) groups is 2. The van der Waals surface area contributed by atoms with Crippen molar-refractivity contribution >= 4 is 11.9 Å². The van der Waals surface area contributed by atoms with Crippen molar-refractivity contribution in [2.24, 2.45) is 0 Å². The fraction of sp³-hybridized carbons (Fsp3) is 0. The molecule has 51 valence electrons. The summed E-state index contributed by atoms with van der Waals surface area (Å²) in [6.45, 7) is 0. The van der Waals surface area contributed by atoms with Crippen molar-refractivity contribution in [3.63, 3.8) is 0 Å². The van der Waals surface area contributed by atoms with Gasteiger partial charge in [0.05, 0.1) is 0 Å². The Bertz CT molecular complexity index is 77.1. The van der Waals surface area contributed by atoms with E-state index in [1.807, 2.05) is 0 Å². The maximum absolute atomic E-state index is 9.10. The van der Waals surface area contributed by atoms with E-state index in [0.717, 1.165) is 0 Å². The molecular formula is C2H3CeO6. The van der Waals surface area contributed by atoms with Crippen LogP contribution in [0.5, 0.6) is 0 Å². The molecule has 9 heavy (non-hydrogen) atoms. The van der Waals surface area contributed by atoms with Gasteiger partial charge in [-0.3, -0.25) is 0 Å². The van der Waals surface area contributed by atoms with Crippen LogP contribution in [0, 0.1) is 41.7 Å². The van der Waals surface area contributed by atoms with Crippen molar-refractivity contribution < 1.29 is 72.5 Å². The zero-order valence-corrected chi connectivity index (χ0v) is 7.21. The molecule has 0 heterocycles. The predicted molar refractivity (Wildman–Crippen MR) is 17.9 cm³/mol. The molecule has 0 rings (SSSR count). The van der Waals surface area contributed by atoms with Crippen LogP contribution in [0.25, 0.3) is 0 Å². The first kappa shape index (κ1) is 22.9. The Hall–Kier alpha value is 0.237. The molecule has 0 aromatic rings. The third kappa shape index (κ3) is 17.8. The molecular weight excluding hydrogens is 260 g/mol. The predicted octanol–water partition coefficient (Wildman–Crippen LogP) is -1.14.